The summed E-state index contributed by atoms with van der Waals surface area (Å²) in [6.07, 6.45) is 9.10. The molecular formula is C55H41IrN4. The van der Waals surface area contributed by atoms with Gasteiger partial charge in [0, 0.05) is 35.7 Å². The zero-order valence-electron chi connectivity index (χ0n) is 32.9. The molecule has 3 heterocycles. The van der Waals surface area contributed by atoms with E-state index < -0.39 is 0 Å². The van der Waals surface area contributed by atoms with Crippen LogP contribution in [-0.4, -0.2) is 15.0 Å². The average molecular weight is 950 g/mol. The quantitative estimate of drug-likeness (QED) is 0.135. The monoisotopic (exact) mass is 950 g/mol. The van der Waals surface area contributed by atoms with Crippen LogP contribution in [0, 0.1) is 18.2 Å². The van der Waals surface area contributed by atoms with Crippen LogP contribution in [0.15, 0.2) is 226 Å². The third-order valence-electron chi connectivity index (χ3n) is 9.28. The van der Waals surface area contributed by atoms with Crippen LogP contribution in [0.3, 0.4) is 0 Å². The Labute approximate surface area is 367 Å². The van der Waals surface area contributed by atoms with Gasteiger partial charge in [-0.05, 0) is 88.4 Å². The predicted molar refractivity (Wildman–Crippen MR) is 246 cm³/mol. The topological polar surface area (TPSA) is 41.9 Å². The minimum atomic E-state index is 0. The number of hydrogen-bond acceptors (Lipinski definition) is 4. The Hall–Kier alpha value is -7.30. The van der Waals surface area contributed by atoms with Crippen LogP contribution in [-0.2, 0) is 20.1 Å². The van der Waals surface area contributed by atoms with Crippen molar-refractivity contribution in [1.82, 2.24) is 15.0 Å². The number of aromatic nitrogens is 3. The van der Waals surface area contributed by atoms with E-state index in [1.54, 1.807) is 12.4 Å². The van der Waals surface area contributed by atoms with Crippen molar-refractivity contribution in [1.29, 1.82) is 0 Å². The second kappa shape index (κ2) is 22.0. The van der Waals surface area contributed by atoms with E-state index in [1.165, 1.54) is 0 Å². The van der Waals surface area contributed by atoms with Gasteiger partial charge in [-0.25, -0.2) is 0 Å². The molecule has 4 nitrogen and oxygen atoms in total. The zero-order valence-corrected chi connectivity index (χ0v) is 35.3. The molecule has 0 bridgehead atoms. The fraction of sp³-hybridized carbons (Fsp3) is 0. The smallest absolute Gasteiger partial charge is 0.311 e. The van der Waals surface area contributed by atoms with Gasteiger partial charge in [0.25, 0.3) is 0 Å². The summed E-state index contributed by atoms with van der Waals surface area (Å²) in [5, 5.41) is 0. The van der Waals surface area contributed by atoms with Crippen LogP contribution in [0.4, 0.5) is 17.1 Å². The first-order valence-corrected chi connectivity index (χ1v) is 19.2. The third-order valence-corrected chi connectivity index (χ3v) is 9.28. The average Bonchev–Trinajstić information content (AvgIpc) is 3.34. The Bertz CT molecular complexity index is 2440. The van der Waals surface area contributed by atoms with Crippen molar-refractivity contribution >= 4 is 29.2 Å². The van der Waals surface area contributed by atoms with Crippen molar-refractivity contribution in [3.05, 3.63) is 255 Å². The van der Waals surface area contributed by atoms with E-state index in [-0.39, 0.29) is 20.1 Å². The van der Waals surface area contributed by atoms with Crippen LogP contribution >= 0.6 is 0 Å². The van der Waals surface area contributed by atoms with E-state index in [1.807, 2.05) is 128 Å². The van der Waals surface area contributed by atoms with Crippen molar-refractivity contribution < 1.29 is 20.1 Å². The Balaban J connectivity index is 0.000000195. The second-order valence-corrected chi connectivity index (χ2v) is 13.2. The number of anilines is 3. The van der Waals surface area contributed by atoms with E-state index in [0.29, 0.717) is 0 Å². The summed E-state index contributed by atoms with van der Waals surface area (Å²) in [4.78, 5) is 15.1. The number of rotatable bonds is 9. The molecule has 0 atom stereocenters. The number of nitrogens with zero attached hydrogens (tertiary/aromatic N) is 4. The summed E-state index contributed by atoms with van der Waals surface area (Å²) >= 11 is 0. The maximum absolute atomic E-state index is 4.46. The molecule has 5 heteroatoms. The third kappa shape index (κ3) is 11.4. The summed E-state index contributed by atoms with van der Waals surface area (Å²) in [5.41, 5.74) is 13.6. The summed E-state index contributed by atoms with van der Waals surface area (Å²) in [5.74, 6) is 0. The molecule has 0 aliphatic carbocycles. The summed E-state index contributed by atoms with van der Waals surface area (Å²) in [6.45, 7) is 7.75. The van der Waals surface area contributed by atoms with Gasteiger partial charge >= 0.3 is 20.1 Å². The zero-order chi connectivity index (χ0) is 40.5. The maximum atomic E-state index is 4.46. The molecule has 0 aliphatic rings. The van der Waals surface area contributed by atoms with Crippen LogP contribution in [0.2, 0.25) is 0 Å². The largest absolute Gasteiger partial charge is 3.00 e. The van der Waals surface area contributed by atoms with Gasteiger partial charge in [-0.1, -0.05) is 98.1 Å². The number of hydrogen-bond donors (Lipinski definition) is 0. The van der Waals surface area contributed by atoms with Crippen molar-refractivity contribution in [2.45, 2.75) is 0 Å². The van der Waals surface area contributed by atoms with E-state index >= 15 is 0 Å². The molecule has 290 valence electrons. The normalized spacial score (nSPS) is 10.0. The van der Waals surface area contributed by atoms with Crippen LogP contribution in [0.5, 0.6) is 0 Å². The number of pyridine rings is 3. The molecule has 0 radical (unpaired) electrons. The van der Waals surface area contributed by atoms with Crippen molar-refractivity contribution in [3.63, 3.8) is 0 Å². The van der Waals surface area contributed by atoms with Gasteiger partial charge in [-0.15, -0.1) is 107 Å². The first-order chi connectivity index (χ1) is 29.2. The first kappa shape index (κ1) is 42.3. The summed E-state index contributed by atoms with van der Waals surface area (Å²) in [6, 6.07) is 74.5. The van der Waals surface area contributed by atoms with Gasteiger partial charge in [-0.2, -0.15) is 0 Å². The van der Waals surface area contributed by atoms with E-state index in [9.17, 15) is 0 Å². The summed E-state index contributed by atoms with van der Waals surface area (Å²) in [7, 11) is 0. The van der Waals surface area contributed by atoms with Gasteiger partial charge in [0.15, 0.2) is 0 Å². The molecule has 9 aromatic rings. The molecule has 0 unspecified atom stereocenters. The van der Waals surface area contributed by atoms with Gasteiger partial charge in [0.2, 0.25) is 0 Å². The Kier molecular flexibility index (Phi) is 15.5. The Morgan fingerprint density at radius 1 is 0.383 bits per heavy atom. The molecule has 0 aliphatic heterocycles. The van der Waals surface area contributed by atoms with Gasteiger partial charge in [0.1, 0.15) is 0 Å². The van der Waals surface area contributed by atoms with E-state index in [2.05, 4.69) is 136 Å². The predicted octanol–water partition coefficient (Wildman–Crippen LogP) is 14.1. The van der Waals surface area contributed by atoms with Gasteiger partial charge in [0.05, 0.1) is 0 Å². The van der Waals surface area contributed by atoms with Crippen LogP contribution in [0.1, 0.15) is 11.1 Å². The van der Waals surface area contributed by atoms with Gasteiger partial charge < -0.3 is 19.9 Å². The van der Waals surface area contributed by atoms with Crippen LogP contribution < -0.4 is 4.90 Å². The fourth-order valence-corrected chi connectivity index (χ4v) is 6.23. The van der Waals surface area contributed by atoms with Crippen LogP contribution in [0.25, 0.3) is 57.1 Å². The molecule has 0 N–H and O–H groups in total. The second-order valence-electron chi connectivity index (χ2n) is 13.2. The van der Waals surface area contributed by atoms with Crippen molar-refractivity contribution in [3.8, 4) is 44.9 Å². The molecule has 0 amide bonds. The van der Waals surface area contributed by atoms with Crippen molar-refractivity contribution in [2.24, 2.45) is 0 Å². The minimum Gasteiger partial charge on any atom is -0.311 e. The first-order valence-electron chi connectivity index (χ1n) is 19.2. The van der Waals surface area contributed by atoms with Gasteiger partial charge in [-0.3, -0.25) is 0 Å². The van der Waals surface area contributed by atoms with E-state index in [4.69, 9.17) is 0 Å². The molecular weight excluding hydrogens is 909 g/mol. The standard InChI is InChI=1S/C33H25N2.2C11H8N.Ir/c1-3-25-11-17-30(18-12-25)35(31-19-13-26(4-2)14-20-31)32-21-15-27(16-22-32)28-8-7-9-29(24-28)33-10-5-6-23-34-33;2*1-2-6-10(7-3-1)11-8-4-5-9-12-11;/h3-8,10-24H,1-2H2;2*1-6,8-9H;/q3*-1;+3. The maximum Gasteiger partial charge on any atom is 3.00 e. The summed E-state index contributed by atoms with van der Waals surface area (Å²) < 4.78 is 0. The molecule has 9 rings (SSSR count). The molecule has 0 spiro atoms. The Morgan fingerprint density at radius 3 is 1.17 bits per heavy atom. The Morgan fingerprint density at radius 2 is 0.783 bits per heavy atom. The minimum absolute atomic E-state index is 0. The fourth-order valence-electron chi connectivity index (χ4n) is 6.23. The molecule has 0 fully saturated rings. The molecule has 0 saturated carbocycles. The molecule has 0 saturated heterocycles. The van der Waals surface area contributed by atoms with E-state index in [0.717, 1.165) is 73.1 Å². The molecule has 60 heavy (non-hydrogen) atoms. The SMILES string of the molecule is C=Cc1ccc(N(c2ccc(C=C)cc2)c2ccc(-c3cc[c-]c(-c4ccccn4)c3)cc2)cc1.[Ir+3].[c-]1ccccc1-c1ccccn1.[c-]1ccccc1-c1ccccn1. The van der Waals surface area contributed by atoms with Crippen molar-refractivity contribution in [2.75, 3.05) is 4.90 Å². The molecule has 3 aromatic heterocycles. The molecule has 6 aromatic carbocycles. The number of benzene rings is 6.